The molecule has 0 radical (unpaired) electrons. The number of carbonyl (C=O) groups excluding carboxylic acids is 1. The number of hydrogen-bond acceptors (Lipinski definition) is 3. The number of carbonyl (C=O) groups is 1. The number of nitriles is 1. The minimum absolute atomic E-state index is 0.0617. The average Bonchev–Trinajstić information content (AvgIpc) is 2.61. The van der Waals surface area contributed by atoms with Crippen LogP contribution in [0.4, 0.5) is 42.1 Å². The Morgan fingerprint density at radius 3 is 1.87 bits per heavy atom. The van der Waals surface area contributed by atoms with E-state index in [0.717, 1.165) is 12.1 Å². The number of amides is 1. The zero-order chi connectivity index (χ0) is 23.1. The number of anilines is 2. The normalized spacial score (nSPS) is 12.4. The molecule has 160 valence electrons. The van der Waals surface area contributed by atoms with Gasteiger partial charge in [-0.05, 0) is 30.3 Å². The van der Waals surface area contributed by atoms with E-state index in [2.05, 4.69) is 5.32 Å². The second-order valence-corrected chi connectivity index (χ2v) is 6.65. The van der Waals surface area contributed by atoms with Crippen LogP contribution in [0.25, 0.3) is 0 Å². The maximum atomic E-state index is 14.2. The Morgan fingerprint density at radius 1 is 0.967 bits per heavy atom. The van der Waals surface area contributed by atoms with Crippen molar-refractivity contribution in [3.8, 4) is 6.07 Å². The van der Waals surface area contributed by atoms with E-state index in [1.165, 1.54) is 6.07 Å². The molecule has 1 amide bonds. The maximum Gasteiger partial charge on any atom is 0.435 e. The fraction of sp³-hybridized carbons (Fsp3) is 0.176. The summed E-state index contributed by atoms with van der Waals surface area (Å²) in [6, 6.07) is 5.44. The van der Waals surface area contributed by atoms with Gasteiger partial charge in [0.1, 0.15) is 0 Å². The second kappa shape index (κ2) is 7.85. The van der Waals surface area contributed by atoms with Crippen molar-refractivity contribution >= 4 is 40.5 Å². The van der Waals surface area contributed by atoms with Crippen LogP contribution >= 0.6 is 23.2 Å². The van der Waals surface area contributed by atoms with E-state index in [4.69, 9.17) is 34.2 Å². The summed E-state index contributed by atoms with van der Waals surface area (Å²) in [7, 11) is 0. The van der Waals surface area contributed by atoms with E-state index in [1.807, 2.05) is 0 Å². The van der Waals surface area contributed by atoms with Crippen molar-refractivity contribution in [3.05, 3.63) is 57.1 Å². The molecule has 30 heavy (non-hydrogen) atoms. The third kappa shape index (κ3) is 4.11. The Balaban J connectivity index is 2.49. The van der Waals surface area contributed by atoms with Crippen LogP contribution < -0.4 is 11.1 Å². The lowest BCUT2D eigenvalue weighted by molar-refractivity contribution is -0.348. The van der Waals surface area contributed by atoms with Crippen LogP contribution in [0.3, 0.4) is 0 Å². The molecule has 2 aromatic carbocycles. The van der Waals surface area contributed by atoms with Crippen molar-refractivity contribution in [1.82, 2.24) is 0 Å². The number of nitrogens with zero attached hydrogens (tertiary/aromatic N) is 1. The standard InChI is InChI=1S/C17H8Cl2F7N3O/c18-10-4-8(15(20,16(21,22)23)17(24,25)26)5-11(19)13(10)29-14(30)9-2-1-7(6-27)3-12(9)28/h1-5H,28H2,(H,29,30). The minimum Gasteiger partial charge on any atom is -0.398 e. The van der Waals surface area contributed by atoms with E-state index >= 15 is 0 Å². The van der Waals surface area contributed by atoms with Crippen LogP contribution in [-0.2, 0) is 5.67 Å². The summed E-state index contributed by atoms with van der Waals surface area (Å²) in [5, 5.41) is 9.09. The highest BCUT2D eigenvalue weighted by Crippen LogP contribution is 2.54. The third-order valence-corrected chi connectivity index (χ3v) is 4.48. The molecule has 0 fully saturated rings. The first kappa shape index (κ1) is 23.6. The monoisotopic (exact) mass is 473 g/mol. The molecule has 0 saturated carbocycles. The molecule has 3 N–H and O–H groups in total. The fourth-order valence-corrected chi connectivity index (χ4v) is 2.98. The summed E-state index contributed by atoms with van der Waals surface area (Å²) in [5.74, 6) is -0.980. The molecule has 0 aliphatic heterocycles. The predicted molar refractivity (Wildman–Crippen MR) is 94.9 cm³/mol. The summed E-state index contributed by atoms with van der Waals surface area (Å²) >= 11 is 11.4. The van der Waals surface area contributed by atoms with Crippen LogP contribution in [0.2, 0.25) is 10.0 Å². The molecule has 13 heteroatoms. The molecule has 0 aliphatic carbocycles. The Labute approximate surface area is 174 Å². The highest BCUT2D eigenvalue weighted by Gasteiger charge is 2.73. The molecular formula is C17H8Cl2F7N3O. The van der Waals surface area contributed by atoms with E-state index < -0.39 is 45.2 Å². The molecular weight excluding hydrogens is 466 g/mol. The van der Waals surface area contributed by atoms with Crippen molar-refractivity contribution < 1.29 is 35.5 Å². The summed E-state index contributed by atoms with van der Waals surface area (Å²) in [6.07, 6.45) is -12.7. The number of nitrogens with one attached hydrogen (secondary N) is 1. The number of nitrogen functional groups attached to an aromatic ring is 1. The van der Waals surface area contributed by atoms with Crippen LogP contribution in [-0.4, -0.2) is 18.3 Å². The van der Waals surface area contributed by atoms with Crippen molar-refractivity contribution in [1.29, 1.82) is 5.26 Å². The number of rotatable bonds is 3. The summed E-state index contributed by atoms with van der Waals surface area (Å²) in [6.45, 7) is 0. The highest BCUT2D eigenvalue weighted by molar-refractivity contribution is 6.40. The van der Waals surface area contributed by atoms with Gasteiger partial charge < -0.3 is 11.1 Å². The molecule has 0 saturated heterocycles. The second-order valence-electron chi connectivity index (χ2n) is 5.84. The van der Waals surface area contributed by atoms with Crippen molar-refractivity contribution in [2.24, 2.45) is 0 Å². The van der Waals surface area contributed by atoms with Crippen LogP contribution in [0.15, 0.2) is 30.3 Å². The van der Waals surface area contributed by atoms with E-state index in [-0.39, 0.29) is 28.9 Å². The first-order chi connectivity index (χ1) is 13.6. The number of nitrogens with two attached hydrogens (primary N) is 1. The zero-order valence-electron chi connectivity index (χ0n) is 14.2. The summed E-state index contributed by atoms with van der Waals surface area (Å²) in [5.41, 5.74) is -2.79. The van der Waals surface area contributed by atoms with Gasteiger partial charge in [-0.25, -0.2) is 4.39 Å². The van der Waals surface area contributed by atoms with Gasteiger partial charge in [0.15, 0.2) is 0 Å². The van der Waals surface area contributed by atoms with Gasteiger partial charge in [-0.1, -0.05) is 23.2 Å². The lowest BCUT2D eigenvalue weighted by atomic mass is 9.94. The lowest BCUT2D eigenvalue weighted by Crippen LogP contribution is -2.50. The lowest BCUT2D eigenvalue weighted by Gasteiger charge is -2.30. The van der Waals surface area contributed by atoms with Crippen LogP contribution in [0.5, 0.6) is 0 Å². The maximum absolute atomic E-state index is 14.2. The molecule has 0 bridgehead atoms. The molecule has 0 unspecified atom stereocenters. The van der Waals surface area contributed by atoms with Crippen molar-refractivity contribution in [2.75, 3.05) is 11.1 Å². The quantitative estimate of drug-likeness (QED) is 0.424. The van der Waals surface area contributed by atoms with Crippen molar-refractivity contribution in [3.63, 3.8) is 0 Å². The van der Waals surface area contributed by atoms with Crippen LogP contribution in [0.1, 0.15) is 21.5 Å². The number of halogens is 9. The fourth-order valence-electron chi connectivity index (χ4n) is 2.40. The Kier molecular flexibility index (Phi) is 6.16. The largest absolute Gasteiger partial charge is 0.435 e. The molecule has 0 aromatic heterocycles. The number of benzene rings is 2. The average molecular weight is 474 g/mol. The van der Waals surface area contributed by atoms with E-state index in [1.54, 1.807) is 6.07 Å². The third-order valence-electron chi connectivity index (χ3n) is 3.88. The molecule has 0 aliphatic rings. The van der Waals surface area contributed by atoms with Crippen molar-refractivity contribution in [2.45, 2.75) is 18.0 Å². The summed E-state index contributed by atoms with van der Waals surface area (Å²) < 4.78 is 91.6. The Morgan fingerprint density at radius 2 is 1.47 bits per heavy atom. The predicted octanol–water partition coefficient (Wildman–Crippen LogP) is 5.99. The molecule has 2 rings (SSSR count). The summed E-state index contributed by atoms with van der Waals surface area (Å²) in [4.78, 5) is 12.3. The van der Waals surface area contributed by atoms with Gasteiger partial charge in [0.25, 0.3) is 5.91 Å². The Bertz CT molecular complexity index is 1010. The number of hydrogen-bond donors (Lipinski definition) is 2. The van der Waals surface area contributed by atoms with Gasteiger partial charge in [-0.3, -0.25) is 4.79 Å². The molecule has 0 heterocycles. The first-order valence-corrected chi connectivity index (χ1v) is 8.32. The topological polar surface area (TPSA) is 78.9 Å². The molecule has 0 spiro atoms. The SMILES string of the molecule is N#Cc1ccc(C(=O)Nc2c(Cl)cc(C(F)(C(F)(F)F)C(F)(F)F)cc2Cl)c(N)c1. The minimum atomic E-state index is -6.36. The number of alkyl halides is 7. The first-order valence-electron chi connectivity index (χ1n) is 7.56. The van der Waals surface area contributed by atoms with Gasteiger partial charge in [-0.15, -0.1) is 0 Å². The van der Waals surface area contributed by atoms with Gasteiger partial charge in [0, 0.05) is 11.3 Å². The Hall–Kier alpha value is -2.71. The highest BCUT2D eigenvalue weighted by atomic mass is 35.5. The van der Waals surface area contributed by atoms with Gasteiger partial charge >= 0.3 is 18.0 Å². The smallest absolute Gasteiger partial charge is 0.398 e. The zero-order valence-corrected chi connectivity index (χ0v) is 15.7. The van der Waals surface area contributed by atoms with Gasteiger partial charge in [-0.2, -0.15) is 31.6 Å². The molecule has 2 aromatic rings. The van der Waals surface area contributed by atoms with Gasteiger partial charge in [0.2, 0.25) is 0 Å². The van der Waals surface area contributed by atoms with Gasteiger partial charge in [0.05, 0.1) is 32.9 Å². The van der Waals surface area contributed by atoms with Crippen LogP contribution in [0, 0.1) is 11.3 Å². The molecule has 0 atom stereocenters. The van der Waals surface area contributed by atoms with E-state index in [0.29, 0.717) is 0 Å². The van der Waals surface area contributed by atoms with E-state index in [9.17, 15) is 35.5 Å². The molecule has 4 nitrogen and oxygen atoms in total.